The molecule has 1 fully saturated rings. The Morgan fingerprint density at radius 3 is 2.00 bits per heavy atom. The Balaban J connectivity index is 0.00000101. The minimum atomic E-state index is -1.23. The maximum Gasteiger partial charge on any atom is 0.101 e. The zero-order valence-electron chi connectivity index (χ0n) is 16.1. The van der Waals surface area contributed by atoms with Crippen molar-refractivity contribution >= 4 is 5.97 Å². The monoisotopic (exact) mass is 357 g/mol. The Morgan fingerprint density at radius 1 is 1.08 bits per heavy atom. The number of halogens is 1. The molecule has 1 unspecified atom stereocenters. The molecule has 0 aromatic heterocycles. The third-order valence-electron chi connectivity index (χ3n) is 5.05. The number of aliphatic carboxylic acids is 1. The number of hydrogen-bond acceptors (Lipinski definition) is 3. The van der Waals surface area contributed by atoms with Gasteiger partial charge < -0.3 is 9.90 Å². The second-order valence-electron chi connectivity index (χ2n) is 7.17. The van der Waals surface area contributed by atoms with Gasteiger partial charge in [-0.15, -0.1) is 0 Å². The van der Waals surface area contributed by atoms with E-state index in [9.17, 15) is 4.53 Å². The minimum Gasteiger partial charge on any atom is -0.545 e. The summed E-state index contributed by atoms with van der Waals surface area (Å²) in [5.41, 5.74) is 0. The lowest BCUT2D eigenvalue weighted by molar-refractivity contribution is -0.297. The Morgan fingerprint density at radius 2 is 1.56 bits per heavy atom. The van der Waals surface area contributed by atoms with E-state index in [1.165, 1.54) is 83.5 Å². The fraction of sp³-hybridized carbons (Fsp3) is 0.857. The summed E-state index contributed by atoms with van der Waals surface area (Å²) >= 11 is 0. The molecule has 3 nitrogen and oxygen atoms in total. The van der Waals surface area contributed by atoms with Crippen LogP contribution in [-0.2, 0) is 9.74 Å². The third kappa shape index (κ3) is 15.1. The molecule has 0 amide bonds. The summed E-state index contributed by atoms with van der Waals surface area (Å²) in [5, 5.41) is 9.14. The average molecular weight is 358 g/mol. The van der Waals surface area contributed by atoms with Crippen molar-refractivity contribution in [2.75, 3.05) is 0 Å². The van der Waals surface area contributed by atoms with Gasteiger partial charge in [0.2, 0.25) is 0 Å². The molecule has 0 aliphatic heterocycles. The highest BCUT2D eigenvalue weighted by Crippen LogP contribution is 2.30. The highest BCUT2D eigenvalue weighted by Gasteiger charge is 2.24. The highest BCUT2D eigenvalue weighted by atomic mass is 19.3. The van der Waals surface area contributed by atoms with Crippen molar-refractivity contribution in [1.82, 2.24) is 0 Å². The van der Waals surface area contributed by atoms with Gasteiger partial charge >= 0.3 is 0 Å². The fourth-order valence-corrected chi connectivity index (χ4v) is 3.52. The number of carbonyl (C=O) groups excluding carboxylic acids is 1. The molecule has 148 valence electrons. The van der Waals surface area contributed by atoms with Crippen LogP contribution in [0.25, 0.3) is 0 Å². The normalized spacial score (nSPS) is 15.9. The van der Waals surface area contributed by atoms with Gasteiger partial charge in [0.05, 0.1) is 5.97 Å². The summed E-state index contributed by atoms with van der Waals surface area (Å²) in [6.07, 6.45) is 19.7. The molecule has 0 aromatic carbocycles. The molecule has 0 N–H and O–H groups in total. The van der Waals surface area contributed by atoms with Crippen molar-refractivity contribution in [3.63, 3.8) is 0 Å². The number of hydrogen-bond donors (Lipinski definition) is 0. The molecule has 1 rings (SSSR count). The minimum absolute atomic E-state index is 0.111. The Labute approximate surface area is 153 Å². The first-order valence-electron chi connectivity index (χ1n) is 10.3. The number of carboxylic acid groups (broad SMARTS) is 1. The Bertz CT molecular complexity index is 314. The van der Waals surface area contributed by atoms with Gasteiger partial charge in [0.1, 0.15) is 6.10 Å². The molecule has 0 bridgehead atoms. The van der Waals surface area contributed by atoms with E-state index in [2.05, 4.69) is 18.4 Å². The van der Waals surface area contributed by atoms with Crippen molar-refractivity contribution in [2.45, 2.75) is 109 Å². The predicted octanol–water partition coefficient (Wildman–Crippen LogP) is 5.68. The van der Waals surface area contributed by atoms with Crippen LogP contribution >= 0.6 is 0 Å². The average Bonchev–Trinajstić information content (AvgIpc) is 2.64. The molecule has 1 aliphatic rings. The Hall–Kier alpha value is -0.900. The van der Waals surface area contributed by atoms with Gasteiger partial charge in [0.15, 0.2) is 0 Å². The summed E-state index contributed by atoms with van der Waals surface area (Å²) in [5.74, 6) is -0.743. The van der Waals surface area contributed by atoms with Crippen LogP contribution in [-0.4, -0.2) is 12.1 Å². The standard InChI is InChI=1S/C18H35FO.C3H4O2/c1-2-3-4-5-6-7-8-9-13-16-18(20-19)17-14-11-10-12-15-17;1-2-3(4)5/h17-18H,2-16H2,1H3;2H,1H2,(H,4,5)/p-1. The quantitative estimate of drug-likeness (QED) is 0.315. The second kappa shape index (κ2) is 17.9. The maximum atomic E-state index is 12.7. The zero-order chi connectivity index (χ0) is 18.8. The van der Waals surface area contributed by atoms with E-state index in [-0.39, 0.29) is 6.10 Å². The first-order valence-corrected chi connectivity index (χ1v) is 10.3. The number of rotatable bonds is 13. The lowest BCUT2D eigenvalue weighted by Crippen LogP contribution is -2.23. The molecular formula is C21H38FO3-. The number of carboxylic acids is 1. The first kappa shape index (κ1) is 24.1. The molecule has 1 saturated carbocycles. The van der Waals surface area contributed by atoms with E-state index in [4.69, 9.17) is 9.90 Å². The topological polar surface area (TPSA) is 49.4 Å². The molecule has 0 radical (unpaired) electrons. The van der Waals surface area contributed by atoms with Crippen LogP contribution in [0.15, 0.2) is 12.7 Å². The van der Waals surface area contributed by atoms with Crippen LogP contribution in [0.4, 0.5) is 4.53 Å². The van der Waals surface area contributed by atoms with Crippen LogP contribution in [0.2, 0.25) is 0 Å². The van der Waals surface area contributed by atoms with Gasteiger partial charge in [-0.3, -0.25) is 0 Å². The molecule has 0 heterocycles. The van der Waals surface area contributed by atoms with E-state index in [1.807, 2.05) is 0 Å². The van der Waals surface area contributed by atoms with Gasteiger partial charge in [-0.25, -0.2) is 0 Å². The van der Waals surface area contributed by atoms with Crippen molar-refractivity contribution in [2.24, 2.45) is 5.92 Å². The van der Waals surface area contributed by atoms with Crippen LogP contribution in [0.1, 0.15) is 103 Å². The molecule has 0 saturated heterocycles. The largest absolute Gasteiger partial charge is 0.545 e. The van der Waals surface area contributed by atoms with Crippen molar-refractivity contribution in [3.05, 3.63) is 12.7 Å². The van der Waals surface area contributed by atoms with Crippen LogP contribution < -0.4 is 5.11 Å². The van der Waals surface area contributed by atoms with E-state index < -0.39 is 5.97 Å². The summed E-state index contributed by atoms with van der Waals surface area (Å²) in [7, 11) is 0. The van der Waals surface area contributed by atoms with Crippen molar-refractivity contribution in [3.8, 4) is 0 Å². The van der Waals surface area contributed by atoms with E-state index in [1.54, 1.807) is 0 Å². The molecule has 0 spiro atoms. The van der Waals surface area contributed by atoms with E-state index in [0.717, 1.165) is 18.9 Å². The van der Waals surface area contributed by atoms with Gasteiger partial charge in [0.25, 0.3) is 0 Å². The van der Waals surface area contributed by atoms with E-state index >= 15 is 0 Å². The van der Waals surface area contributed by atoms with Crippen LogP contribution in [0.3, 0.4) is 0 Å². The van der Waals surface area contributed by atoms with E-state index in [0.29, 0.717) is 5.92 Å². The SMILES string of the molecule is C=CC(=O)[O-].CCCCCCCCCCCC(OF)C1CCCCC1. The molecule has 1 atom stereocenters. The van der Waals surface area contributed by atoms with Gasteiger partial charge in [-0.1, -0.05) is 90.6 Å². The number of carbonyl (C=O) groups is 1. The molecule has 25 heavy (non-hydrogen) atoms. The Kier molecular flexibility index (Phi) is 17.3. The highest BCUT2D eigenvalue weighted by molar-refractivity contribution is 5.76. The fourth-order valence-electron chi connectivity index (χ4n) is 3.52. The lowest BCUT2D eigenvalue weighted by atomic mass is 9.83. The van der Waals surface area contributed by atoms with Gasteiger partial charge in [0, 0.05) is 0 Å². The molecular weight excluding hydrogens is 319 g/mol. The van der Waals surface area contributed by atoms with Gasteiger partial charge in [-0.2, -0.15) is 4.94 Å². The van der Waals surface area contributed by atoms with Crippen LogP contribution in [0.5, 0.6) is 0 Å². The van der Waals surface area contributed by atoms with Crippen molar-refractivity contribution in [1.29, 1.82) is 0 Å². The third-order valence-corrected chi connectivity index (χ3v) is 5.05. The second-order valence-corrected chi connectivity index (χ2v) is 7.17. The number of unbranched alkanes of at least 4 members (excludes halogenated alkanes) is 8. The summed E-state index contributed by atoms with van der Waals surface area (Å²) in [6, 6.07) is 0. The molecule has 1 aliphatic carbocycles. The first-order chi connectivity index (χ1) is 12.2. The summed E-state index contributed by atoms with van der Waals surface area (Å²) in [6.45, 7) is 5.16. The maximum absolute atomic E-state index is 12.7. The lowest BCUT2D eigenvalue weighted by Gasteiger charge is -2.27. The molecule has 4 heteroatoms. The predicted molar refractivity (Wildman–Crippen MR) is 99.6 cm³/mol. The molecule has 0 aromatic rings. The summed E-state index contributed by atoms with van der Waals surface area (Å²) in [4.78, 5) is 13.4. The zero-order valence-corrected chi connectivity index (χ0v) is 16.1. The van der Waals surface area contributed by atoms with Crippen LogP contribution in [0, 0.1) is 5.92 Å². The smallest absolute Gasteiger partial charge is 0.101 e. The van der Waals surface area contributed by atoms with Crippen molar-refractivity contribution < 1.29 is 19.4 Å². The van der Waals surface area contributed by atoms with Gasteiger partial charge in [-0.05, 0) is 35.8 Å². The summed E-state index contributed by atoms with van der Waals surface area (Å²) < 4.78 is 12.7.